The van der Waals surface area contributed by atoms with E-state index in [0.29, 0.717) is 5.92 Å². The van der Waals surface area contributed by atoms with Gasteiger partial charge in [-0.05, 0) is 62.1 Å². The molecular formula is C25H34N6O. The molecule has 0 unspecified atom stereocenters. The zero-order valence-corrected chi connectivity index (χ0v) is 20.3. The van der Waals surface area contributed by atoms with Crippen LogP contribution in [0.25, 0.3) is 11.1 Å². The highest BCUT2D eigenvalue weighted by atomic mass is 16.5. The zero-order chi connectivity index (χ0) is 23.0. The third kappa shape index (κ3) is 4.21. The van der Waals surface area contributed by atoms with Gasteiger partial charge in [0.1, 0.15) is 5.75 Å². The molecule has 4 rings (SSSR count). The van der Waals surface area contributed by atoms with Crippen LogP contribution < -0.4 is 9.64 Å². The van der Waals surface area contributed by atoms with Crippen LogP contribution in [-0.2, 0) is 13.6 Å². The molecule has 7 nitrogen and oxygen atoms in total. The molecule has 1 fully saturated rings. The highest BCUT2D eigenvalue weighted by molar-refractivity contribution is 5.65. The number of hydrogen-bond acceptors (Lipinski definition) is 6. The van der Waals surface area contributed by atoms with Gasteiger partial charge in [0.15, 0.2) is 0 Å². The number of aryl methyl sites for hydroxylation is 2. The van der Waals surface area contributed by atoms with Crippen molar-refractivity contribution in [3.05, 3.63) is 52.6 Å². The minimum absolute atomic E-state index is 0.367. The Kier molecular flexibility index (Phi) is 6.20. The quantitative estimate of drug-likeness (QED) is 0.587. The van der Waals surface area contributed by atoms with E-state index < -0.39 is 0 Å². The van der Waals surface area contributed by atoms with Crippen LogP contribution in [0.4, 0.5) is 5.95 Å². The second-order valence-corrected chi connectivity index (χ2v) is 9.11. The molecule has 0 bridgehead atoms. The first-order chi connectivity index (χ1) is 15.3. The molecule has 7 heteroatoms. The molecule has 0 amide bonds. The molecule has 32 heavy (non-hydrogen) atoms. The summed E-state index contributed by atoms with van der Waals surface area (Å²) in [7, 11) is 7.66. The highest BCUT2D eigenvalue weighted by Gasteiger charge is 2.29. The van der Waals surface area contributed by atoms with Gasteiger partial charge in [-0.15, -0.1) is 0 Å². The van der Waals surface area contributed by atoms with Crippen molar-refractivity contribution in [3.63, 3.8) is 0 Å². The Bertz CT molecular complexity index is 1120. The summed E-state index contributed by atoms with van der Waals surface area (Å²) in [5.41, 5.74) is 8.55. The van der Waals surface area contributed by atoms with E-state index in [1.54, 1.807) is 7.11 Å². The first kappa shape index (κ1) is 22.3. The molecule has 0 saturated carbocycles. The summed E-state index contributed by atoms with van der Waals surface area (Å²) >= 11 is 0. The molecule has 1 aliphatic heterocycles. The van der Waals surface area contributed by atoms with E-state index >= 15 is 0 Å². The summed E-state index contributed by atoms with van der Waals surface area (Å²) < 4.78 is 7.39. The lowest BCUT2D eigenvalue weighted by Gasteiger charge is -2.22. The summed E-state index contributed by atoms with van der Waals surface area (Å²) in [4.78, 5) is 14.1. The lowest BCUT2D eigenvalue weighted by atomic mass is 9.96. The predicted molar refractivity (Wildman–Crippen MR) is 128 cm³/mol. The van der Waals surface area contributed by atoms with Gasteiger partial charge in [-0.1, -0.05) is 0 Å². The molecule has 1 aromatic carbocycles. The smallest absolute Gasteiger partial charge is 0.225 e. The van der Waals surface area contributed by atoms with Crippen LogP contribution in [0.15, 0.2) is 24.7 Å². The normalized spacial score (nSPS) is 16.5. The fourth-order valence-electron chi connectivity index (χ4n) is 4.67. The minimum atomic E-state index is 0.367. The number of rotatable bonds is 6. The van der Waals surface area contributed by atoms with Crippen LogP contribution in [0.1, 0.15) is 40.3 Å². The Hall–Kier alpha value is -2.93. The zero-order valence-electron chi connectivity index (χ0n) is 20.3. The summed E-state index contributed by atoms with van der Waals surface area (Å²) in [6.07, 6.45) is 6.98. The number of nitrogens with zero attached hydrogens (tertiary/aromatic N) is 6. The van der Waals surface area contributed by atoms with Crippen molar-refractivity contribution < 1.29 is 4.74 Å². The number of anilines is 1. The first-order valence-electron chi connectivity index (χ1n) is 11.2. The van der Waals surface area contributed by atoms with Crippen molar-refractivity contribution in [2.24, 2.45) is 7.05 Å². The lowest BCUT2D eigenvalue weighted by Crippen LogP contribution is -2.22. The van der Waals surface area contributed by atoms with Gasteiger partial charge in [-0.3, -0.25) is 9.58 Å². The van der Waals surface area contributed by atoms with Crippen molar-refractivity contribution in [2.75, 3.05) is 39.2 Å². The van der Waals surface area contributed by atoms with Gasteiger partial charge in [-0.25, -0.2) is 9.97 Å². The fraction of sp³-hybridized carbons (Fsp3) is 0.480. The molecule has 0 N–H and O–H groups in total. The standard InChI is InChI=1S/C25H34N6O/c1-16-10-23(32-7)18(3)17(2)22(16)15-31-9-8-19(14-31)24-21(20-11-27-30(6)13-20)12-26-25(28-24)29(4)5/h10-13,19H,8-9,14-15H2,1-7H3/t19-/m1/s1. The maximum absolute atomic E-state index is 5.56. The van der Waals surface area contributed by atoms with E-state index in [1.165, 1.54) is 22.3 Å². The van der Waals surface area contributed by atoms with Crippen molar-refractivity contribution in [2.45, 2.75) is 39.7 Å². The lowest BCUT2D eigenvalue weighted by molar-refractivity contribution is 0.324. The first-order valence-corrected chi connectivity index (χ1v) is 11.2. The second-order valence-electron chi connectivity index (χ2n) is 9.11. The molecule has 1 atom stereocenters. The van der Waals surface area contributed by atoms with Gasteiger partial charge in [0.05, 0.1) is 19.0 Å². The van der Waals surface area contributed by atoms with Crippen LogP contribution in [0.3, 0.4) is 0 Å². The SMILES string of the molecule is COc1cc(C)c(CN2CC[C@@H](c3nc(N(C)C)ncc3-c3cnn(C)c3)C2)c(C)c1C. The van der Waals surface area contributed by atoms with Gasteiger partial charge < -0.3 is 9.64 Å². The molecule has 0 radical (unpaired) electrons. The van der Waals surface area contributed by atoms with Gasteiger partial charge in [0.2, 0.25) is 5.95 Å². The molecule has 3 aromatic rings. The second kappa shape index (κ2) is 8.90. The summed E-state index contributed by atoms with van der Waals surface area (Å²) in [5.74, 6) is 2.09. The van der Waals surface area contributed by atoms with Crippen LogP contribution in [0.2, 0.25) is 0 Å². The molecule has 1 saturated heterocycles. The van der Waals surface area contributed by atoms with E-state index in [4.69, 9.17) is 9.72 Å². The predicted octanol–water partition coefficient (Wildman–Crippen LogP) is 3.87. The Balaban J connectivity index is 1.61. The van der Waals surface area contributed by atoms with Gasteiger partial charge >= 0.3 is 0 Å². The number of methoxy groups -OCH3 is 1. The minimum Gasteiger partial charge on any atom is -0.496 e. The number of benzene rings is 1. The summed E-state index contributed by atoms with van der Waals surface area (Å²) in [6.45, 7) is 9.54. The van der Waals surface area contributed by atoms with E-state index in [9.17, 15) is 0 Å². The van der Waals surface area contributed by atoms with Crippen molar-refractivity contribution >= 4 is 5.95 Å². The van der Waals surface area contributed by atoms with Crippen LogP contribution >= 0.6 is 0 Å². The molecule has 0 spiro atoms. The molecular weight excluding hydrogens is 400 g/mol. The van der Waals surface area contributed by atoms with Gasteiger partial charge in [0, 0.05) is 63.7 Å². The van der Waals surface area contributed by atoms with Gasteiger partial charge in [-0.2, -0.15) is 5.10 Å². The number of likely N-dealkylation sites (tertiary alicyclic amines) is 1. The maximum Gasteiger partial charge on any atom is 0.225 e. The van der Waals surface area contributed by atoms with Gasteiger partial charge in [0.25, 0.3) is 0 Å². The Morgan fingerprint density at radius 1 is 1.16 bits per heavy atom. The van der Waals surface area contributed by atoms with E-state index in [-0.39, 0.29) is 0 Å². The largest absolute Gasteiger partial charge is 0.496 e. The van der Waals surface area contributed by atoms with Crippen LogP contribution in [-0.4, -0.2) is 58.9 Å². The Morgan fingerprint density at radius 3 is 2.59 bits per heavy atom. The summed E-state index contributed by atoms with van der Waals surface area (Å²) in [6, 6.07) is 2.17. The third-order valence-electron chi connectivity index (χ3n) is 6.69. The Labute approximate surface area is 191 Å². The van der Waals surface area contributed by atoms with Crippen LogP contribution in [0.5, 0.6) is 5.75 Å². The molecule has 3 heterocycles. The van der Waals surface area contributed by atoms with E-state index in [0.717, 1.165) is 54.6 Å². The highest BCUT2D eigenvalue weighted by Crippen LogP contribution is 2.35. The number of hydrogen-bond donors (Lipinski definition) is 0. The molecule has 1 aliphatic rings. The van der Waals surface area contributed by atoms with Crippen molar-refractivity contribution in [1.82, 2.24) is 24.6 Å². The van der Waals surface area contributed by atoms with Crippen LogP contribution in [0, 0.1) is 20.8 Å². The van der Waals surface area contributed by atoms with E-state index in [1.807, 2.05) is 49.3 Å². The number of ether oxygens (including phenoxy) is 1. The monoisotopic (exact) mass is 434 g/mol. The molecule has 170 valence electrons. The average molecular weight is 435 g/mol. The molecule has 2 aromatic heterocycles. The summed E-state index contributed by atoms with van der Waals surface area (Å²) in [5, 5.41) is 4.36. The fourth-order valence-corrected chi connectivity index (χ4v) is 4.67. The van der Waals surface area contributed by atoms with E-state index in [2.05, 4.69) is 41.8 Å². The number of aromatic nitrogens is 4. The van der Waals surface area contributed by atoms with Crippen molar-refractivity contribution in [3.8, 4) is 16.9 Å². The average Bonchev–Trinajstić information content (AvgIpc) is 3.42. The Morgan fingerprint density at radius 2 is 1.94 bits per heavy atom. The topological polar surface area (TPSA) is 59.3 Å². The molecule has 0 aliphatic carbocycles. The third-order valence-corrected chi connectivity index (χ3v) is 6.69. The maximum atomic E-state index is 5.56. The van der Waals surface area contributed by atoms with Crippen molar-refractivity contribution in [1.29, 1.82) is 0 Å².